The first kappa shape index (κ1) is 16.2. The number of nitriles is 1. The van der Waals surface area contributed by atoms with Crippen LogP contribution in [0.2, 0.25) is 0 Å². The molecule has 4 nitrogen and oxygen atoms in total. The lowest BCUT2D eigenvalue weighted by Crippen LogP contribution is -1.90. The molecule has 120 valence electrons. The van der Waals surface area contributed by atoms with Gasteiger partial charge in [-0.3, -0.25) is 0 Å². The van der Waals surface area contributed by atoms with Crippen LogP contribution in [0.5, 0.6) is 11.5 Å². The number of aromatic nitrogens is 1. The van der Waals surface area contributed by atoms with Crippen LogP contribution >= 0.6 is 22.7 Å². The molecule has 6 heteroatoms. The Morgan fingerprint density at radius 1 is 1.21 bits per heavy atom. The van der Waals surface area contributed by atoms with Crippen LogP contribution in [0.4, 0.5) is 0 Å². The molecule has 0 unspecified atom stereocenters. The molecule has 0 radical (unpaired) electrons. The Morgan fingerprint density at radius 2 is 2.08 bits per heavy atom. The Balaban J connectivity index is 1.97. The van der Waals surface area contributed by atoms with Crippen LogP contribution in [0.1, 0.15) is 10.6 Å². The monoisotopic (exact) mass is 354 g/mol. The zero-order chi connectivity index (χ0) is 16.9. The molecule has 0 aliphatic heterocycles. The molecule has 0 spiro atoms. The van der Waals surface area contributed by atoms with Gasteiger partial charge in [0.25, 0.3) is 0 Å². The van der Waals surface area contributed by atoms with Crippen LogP contribution in [0.15, 0.2) is 41.1 Å². The topological polar surface area (TPSA) is 55.1 Å². The van der Waals surface area contributed by atoms with Crippen molar-refractivity contribution in [2.45, 2.75) is 0 Å². The van der Waals surface area contributed by atoms with Gasteiger partial charge in [0, 0.05) is 17.0 Å². The molecule has 0 saturated heterocycles. The highest BCUT2D eigenvalue weighted by molar-refractivity contribution is 7.14. The van der Waals surface area contributed by atoms with Gasteiger partial charge in [-0.2, -0.15) is 5.26 Å². The minimum atomic E-state index is 0.506. The summed E-state index contributed by atoms with van der Waals surface area (Å²) in [5, 5.41) is 14.2. The molecule has 0 amide bonds. The fraction of sp³-hybridized carbons (Fsp3) is 0.111. The van der Waals surface area contributed by atoms with E-state index in [1.165, 1.54) is 11.3 Å². The Morgan fingerprint density at radius 3 is 2.75 bits per heavy atom. The number of rotatable bonds is 5. The first-order chi connectivity index (χ1) is 11.7. The second kappa shape index (κ2) is 7.30. The summed E-state index contributed by atoms with van der Waals surface area (Å²) in [6.07, 6.45) is 1.79. The molecule has 24 heavy (non-hydrogen) atoms. The normalized spacial score (nSPS) is 11.1. The molecular formula is C18H14N2O2S2. The van der Waals surface area contributed by atoms with E-state index in [0.717, 1.165) is 16.1 Å². The molecule has 3 aromatic rings. The van der Waals surface area contributed by atoms with E-state index < -0.39 is 0 Å². The number of allylic oxidation sites excluding steroid dienone is 1. The van der Waals surface area contributed by atoms with E-state index in [0.29, 0.717) is 22.1 Å². The van der Waals surface area contributed by atoms with Crippen LogP contribution in [0.3, 0.4) is 0 Å². The van der Waals surface area contributed by atoms with Gasteiger partial charge in [-0.1, -0.05) is 6.07 Å². The Kier molecular flexibility index (Phi) is 4.94. The lowest BCUT2D eigenvalue weighted by atomic mass is 10.1. The van der Waals surface area contributed by atoms with Crippen molar-refractivity contribution >= 4 is 34.3 Å². The van der Waals surface area contributed by atoms with Crippen LogP contribution in [0.25, 0.3) is 22.2 Å². The van der Waals surface area contributed by atoms with Gasteiger partial charge in [0.1, 0.15) is 22.6 Å². The molecule has 3 rings (SSSR count). The van der Waals surface area contributed by atoms with Crippen molar-refractivity contribution < 1.29 is 9.47 Å². The average Bonchev–Trinajstić information content (AvgIpc) is 3.30. The van der Waals surface area contributed by atoms with Gasteiger partial charge >= 0.3 is 0 Å². The van der Waals surface area contributed by atoms with Crippen LogP contribution in [0, 0.1) is 11.3 Å². The largest absolute Gasteiger partial charge is 0.497 e. The van der Waals surface area contributed by atoms with E-state index in [9.17, 15) is 5.26 Å². The first-order valence-corrected chi connectivity index (χ1v) is 8.84. The molecule has 0 atom stereocenters. The Hall–Kier alpha value is -2.62. The van der Waals surface area contributed by atoms with Crippen molar-refractivity contribution in [1.82, 2.24) is 4.98 Å². The highest BCUT2D eigenvalue weighted by Gasteiger charge is 2.11. The molecule has 0 bridgehead atoms. The number of benzene rings is 1. The Bertz CT molecular complexity index is 905. The lowest BCUT2D eigenvalue weighted by Gasteiger charge is -2.07. The summed E-state index contributed by atoms with van der Waals surface area (Å²) in [6.45, 7) is 0. The number of thiophene rings is 1. The summed E-state index contributed by atoms with van der Waals surface area (Å²) in [4.78, 5) is 5.68. The number of methoxy groups -OCH3 is 2. The zero-order valence-corrected chi connectivity index (χ0v) is 14.8. The number of hydrogen-bond donors (Lipinski definition) is 0. The van der Waals surface area contributed by atoms with Crippen molar-refractivity contribution in [1.29, 1.82) is 5.26 Å². The maximum absolute atomic E-state index is 9.53. The third kappa shape index (κ3) is 3.32. The Labute approximate surface area is 148 Å². The van der Waals surface area contributed by atoms with Gasteiger partial charge in [-0.15, -0.1) is 22.7 Å². The predicted molar refractivity (Wildman–Crippen MR) is 98.5 cm³/mol. The van der Waals surface area contributed by atoms with Crippen LogP contribution < -0.4 is 9.47 Å². The average molecular weight is 354 g/mol. The molecule has 2 heterocycles. The maximum atomic E-state index is 9.53. The first-order valence-electron chi connectivity index (χ1n) is 7.08. The smallest absolute Gasteiger partial charge is 0.134 e. The molecule has 1 aromatic carbocycles. The van der Waals surface area contributed by atoms with E-state index in [1.54, 1.807) is 37.7 Å². The number of thiazole rings is 1. The van der Waals surface area contributed by atoms with E-state index in [4.69, 9.17) is 9.47 Å². The summed E-state index contributed by atoms with van der Waals surface area (Å²) >= 11 is 3.09. The van der Waals surface area contributed by atoms with Crippen molar-refractivity contribution in [3.8, 4) is 28.1 Å². The summed E-state index contributed by atoms with van der Waals surface area (Å²) in [5.41, 5.74) is 2.21. The fourth-order valence-corrected chi connectivity index (χ4v) is 3.72. The third-order valence-electron chi connectivity index (χ3n) is 3.37. The second-order valence-corrected chi connectivity index (χ2v) is 6.60. The van der Waals surface area contributed by atoms with E-state index in [-0.39, 0.29) is 0 Å². The molecule has 2 aromatic heterocycles. The van der Waals surface area contributed by atoms with Gasteiger partial charge in [0.2, 0.25) is 0 Å². The molecule has 0 aliphatic rings. The van der Waals surface area contributed by atoms with E-state index >= 15 is 0 Å². The number of hydrogen-bond acceptors (Lipinski definition) is 6. The van der Waals surface area contributed by atoms with Crippen molar-refractivity contribution in [3.63, 3.8) is 0 Å². The van der Waals surface area contributed by atoms with E-state index in [1.807, 2.05) is 35.0 Å². The maximum Gasteiger partial charge on any atom is 0.134 e. The van der Waals surface area contributed by atoms with Crippen molar-refractivity contribution in [2.24, 2.45) is 0 Å². The van der Waals surface area contributed by atoms with Gasteiger partial charge < -0.3 is 9.47 Å². The fourth-order valence-electron chi connectivity index (χ4n) is 2.17. The highest BCUT2D eigenvalue weighted by atomic mass is 32.1. The molecule has 0 saturated carbocycles. The van der Waals surface area contributed by atoms with Crippen molar-refractivity contribution in [3.05, 3.63) is 51.7 Å². The molecule has 0 N–H and O–H groups in total. The van der Waals surface area contributed by atoms with Crippen molar-refractivity contribution in [2.75, 3.05) is 14.2 Å². The second-order valence-electron chi connectivity index (χ2n) is 4.79. The van der Waals surface area contributed by atoms with Gasteiger partial charge in [-0.25, -0.2) is 4.98 Å². The standard InChI is InChI=1S/C18H14N2O2S2/c1-21-14-6-5-12(16(9-14)22-2)8-13(10-19)18-20-15(11-24-18)17-4-3-7-23-17/h3-9,11H,1-2H3/b13-8-. The van der Waals surface area contributed by atoms with Gasteiger partial charge in [0.05, 0.1) is 30.4 Å². The summed E-state index contributed by atoms with van der Waals surface area (Å²) in [7, 11) is 3.20. The number of ether oxygens (including phenoxy) is 2. The summed E-state index contributed by atoms with van der Waals surface area (Å²) in [5.74, 6) is 1.36. The van der Waals surface area contributed by atoms with Crippen LogP contribution in [-0.4, -0.2) is 19.2 Å². The number of nitrogens with zero attached hydrogens (tertiary/aromatic N) is 2. The van der Waals surface area contributed by atoms with Crippen LogP contribution in [-0.2, 0) is 0 Å². The SMILES string of the molecule is COc1ccc(/C=C(/C#N)c2nc(-c3cccs3)cs2)c(OC)c1. The van der Waals surface area contributed by atoms with Gasteiger partial charge in [-0.05, 0) is 29.7 Å². The highest BCUT2D eigenvalue weighted by Crippen LogP contribution is 2.32. The minimum Gasteiger partial charge on any atom is -0.497 e. The summed E-state index contributed by atoms with van der Waals surface area (Å²) in [6, 6.07) is 11.7. The quantitative estimate of drug-likeness (QED) is 0.608. The predicted octanol–water partition coefficient (Wildman–Crippen LogP) is 4.95. The molecular weight excluding hydrogens is 340 g/mol. The van der Waals surface area contributed by atoms with E-state index in [2.05, 4.69) is 11.1 Å². The molecule has 0 aliphatic carbocycles. The minimum absolute atomic E-state index is 0.506. The zero-order valence-electron chi connectivity index (χ0n) is 13.1. The van der Waals surface area contributed by atoms with Gasteiger partial charge in [0.15, 0.2) is 0 Å². The summed E-state index contributed by atoms with van der Waals surface area (Å²) < 4.78 is 10.6. The molecule has 0 fully saturated rings. The third-order valence-corrected chi connectivity index (χ3v) is 5.14. The lowest BCUT2D eigenvalue weighted by molar-refractivity contribution is 0.394.